The van der Waals surface area contributed by atoms with Crippen LogP contribution in [-0.2, 0) is 6.42 Å². The van der Waals surface area contributed by atoms with E-state index in [2.05, 4.69) is 19.1 Å². The highest BCUT2D eigenvalue weighted by molar-refractivity contribution is 5.33. The van der Waals surface area contributed by atoms with Crippen LogP contribution in [0.5, 0.6) is 5.75 Å². The molecule has 1 aromatic rings. The zero-order chi connectivity index (χ0) is 13.8. The summed E-state index contributed by atoms with van der Waals surface area (Å²) in [4.78, 5) is 0. The van der Waals surface area contributed by atoms with Crippen molar-refractivity contribution in [2.75, 3.05) is 13.2 Å². The Labute approximate surface area is 118 Å². The van der Waals surface area contributed by atoms with E-state index in [-0.39, 0.29) is 0 Å². The number of benzene rings is 1. The summed E-state index contributed by atoms with van der Waals surface area (Å²) in [6, 6.07) is 8.33. The van der Waals surface area contributed by atoms with Crippen LogP contribution in [0.15, 0.2) is 24.3 Å². The Morgan fingerprint density at radius 1 is 0.947 bits per heavy atom. The van der Waals surface area contributed by atoms with Crippen molar-refractivity contribution in [1.29, 1.82) is 0 Å². The average Bonchev–Trinajstić information content (AvgIpc) is 2.45. The van der Waals surface area contributed by atoms with Crippen LogP contribution in [0, 0.1) is 0 Å². The van der Waals surface area contributed by atoms with Crippen LogP contribution in [0.25, 0.3) is 0 Å². The summed E-state index contributed by atoms with van der Waals surface area (Å²) in [6.07, 6.45) is 10.6. The van der Waals surface area contributed by atoms with E-state index in [1.54, 1.807) is 0 Å². The highest BCUT2D eigenvalue weighted by Gasteiger charge is 2.02. The molecule has 19 heavy (non-hydrogen) atoms. The molecule has 0 amide bonds. The lowest BCUT2D eigenvalue weighted by Gasteiger charge is -2.10. The van der Waals surface area contributed by atoms with Crippen molar-refractivity contribution in [2.24, 2.45) is 5.73 Å². The number of unbranched alkanes of at least 4 members (excludes halogenated alkanes) is 6. The Bertz CT molecular complexity index is 325. The van der Waals surface area contributed by atoms with Crippen molar-refractivity contribution >= 4 is 0 Å². The molecule has 1 aromatic carbocycles. The summed E-state index contributed by atoms with van der Waals surface area (Å²) < 4.78 is 5.67. The van der Waals surface area contributed by atoms with Crippen molar-refractivity contribution in [1.82, 2.24) is 0 Å². The van der Waals surface area contributed by atoms with Crippen molar-refractivity contribution in [2.45, 2.75) is 58.3 Å². The zero-order valence-corrected chi connectivity index (χ0v) is 12.4. The Morgan fingerprint density at radius 2 is 1.63 bits per heavy atom. The number of ether oxygens (including phenoxy) is 1. The van der Waals surface area contributed by atoms with Crippen molar-refractivity contribution in [3.8, 4) is 5.75 Å². The molecule has 0 aliphatic carbocycles. The molecule has 0 bridgehead atoms. The number of rotatable bonds is 11. The maximum atomic E-state index is 5.67. The number of aryl methyl sites for hydroxylation is 1. The van der Waals surface area contributed by atoms with Crippen LogP contribution in [0.4, 0.5) is 0 Å². The fourth-order valence-electron chi connectivity index (χ4n) is 2.29. The predicted molar refractivity (Wildman–Crippen MR) is 82.7 cm³/mol. The fraction of sp³-hybridized carbons (Fsp3) is 0.647. The Hall–Kier alpha value is -1.02. The van der Waals surface area contributed by atoms with Gasteiger partial charge in [0, 0.05) is 6.54 Å². The molecule has 2 nitrogen and oxygen atoms in total. The molecule has 0 aromatic heterocycles. The second kappa shape index (κ2) is 10.9. The molecule has 0 aliphatic heterocycles. The molecular formula is C17H29NO. The first-order valence-corrected chi connectivity index (χ1v) is 7.79. The monoisotopic (exact) mass is 263 g/mol. The standard InChI is InChI=1S/C17H29NO/c1-2-3-4-5-6-7-8-11-16-12-9-10-13-17(16)19-15-14-18/h9-10,12-13H,2-8,11,14-15,18H2,1H3. The summed E-state index contributed by atoms with van der Waals surface area (Å²) >= 11 is 0. The molecule has 0 saturated heterocycles. The van der Waals surface area contributed by atoms with E-state index in [4.69, 9.17) is 10.5 Å². The fourth-order valence-corrected chi connectivity index (χ4v) is 2.29. The highest BCUT2D eigenvalue weighted by Crippen LogP contribution is 2.20. The normalized spacial score (nSPS) is 10.6. The number of hydrogen-bond acceptors (Lipinski definition) is 2. The third-order valence-electron chi connectivity index (χ3n) is 3.40. The SMILES string of the molecule is CCCCCCCCCc1ccccc1OCCN. The number of nitrogens with two attached hydrogens (primary N) is 1. The quantitative estimate of drug-likeness (QED) is 0.604. The molecule has 0 spiro atoms. The molecule has 0 aliphatic rings. The number of hydrogen-bond donors (Lipinski definition) is 1. The minimum absolute atomic E-state index is 0.575. The van der Waals surface area contributed by atoms with Gasteiger partial charge in [0.15, 0.2) is 0 Å². The molecule has 0 radical (unpaired) electrons. The number of para-hydroxylation sites is 1. The van der Waals surface area contributed by atoms with Gasteiger partial charge in [0.25, 0.3) is 0 Å². The van der Waals surface area contributed by atoms with Gasteiger partial charge in [-0.15, -0.1) is 0 Å². The van der Waals surface area contributed by atoms with Gasteiger partial charge < -0.3 is 10.5 Å². The highest BCUT2D eigenvalue weighted by atomic mass is 16.5. The van der Waals surface area contributed by atoms with Crippen LogP contribution in [0.3, 0.4) is 0 Å². The molecule has 0 atom stereocenters. The van der Waals surface area contributed by atoms with Gasteiger partial charge in [-0.2, -0.15) is 0 Å². The van der Waals surface area contributed by atoms with E-state index in [1.807, 2.05) is 12.1 Å². The molecule has 0 fully saturated rings. The predicted octanol–water partition coefficient (Wildman–Crippen LogP) is 4.32. The summed E-state index contributed by atoms with van der Waals surface area (Å²) in [5, 5.41) is 0. The van der Waals surface area contributed by atoms with E-state index in [1.165, 1.54) is 50.5 Å². The van der Waals surface area contributed by atoms with E-state index in [0.717, 1.165) is 12.2 Å². The lowest BCUT2D eigenvalue weighted by molar-refractivity contribution is 0.324. The van der Waals surface area contributed by atoms with Crippen LogP contribution in [-0.4, -0.2) is 13.2 Å². The molecule has 1 rings (SSSR count). The molecule has 0 heterocycles. The Kier molecular flexibility index (Phi) is 9.17. The first-order chi connectivity index (χ1) is 9.38. The summed E-state index contributed by atoms with van der Waals surface area (Å²) in [6.45, 7) is 3.44. The molecule has 108 valence electrons. The van der Waals surface area contributed by atoms with Crippen LogP contribution >= 0.6 is 0 Å². The van der Waals surface area contributed by atoms with Crippen LogP contribution < -0.4 is 10.5 Å². The molecule has 0 unspecified atom stereocenters. The minimum Gasteiger partial charge on any atom is -0.492 e. The smallest absolute Gasteiger partial charge is 0.122 e. The maximum absolute atomic E-state index is 5.67. The molecule has 2 N–H and O–H groups in total. The van der Waals surface area contributed by atoms with E-state index in [9.17, 15) is 0 Å². The van der Waals surface area contributed by atoms with Crippen molar-refractivity contribution < 1.29 is 4.74 Å². The van der Waals surface area contributed by atoms with Gasteiger partial charge in [0.05, 0.1) is 0 Å². The summed E-state index contributed by atoms with van der Waals surface area (Å²) in [7, 11) is 0. The molecule has 2 heteroatoms. The lowest BCUT2D eigenvalue weighted by Crippen LogP contribution is -2.11. The van der Waals surface area contributed by atoms with Gasteiger partial charge in [-0.1, -0.05) is 63.6 Å². The zero-order valence-electron chi connectivity index (χ0n) is 12.4. The van der Waals surface area contributed by atoms with Crippen LogP contribution in [0.2, 0.25) is 0 Å². The Morgan fingerprint density at radius 3 is 2.37 bits per heavy atom. The first-order valence-electron chi connectivity index (χ1n) is 7.79. The van der Waals surface area contributed by atoms with Gasteiger partial charge in [0.1, 0.15) is 12.4 Å². The summed E-state index contributed by atoms with van der Waals surface area (Å²) in [5.74, 6) is 1.01. The van der Waals surface area contributed by atoms with Gasteiger partial charge in [0.2, 0.25) is 0 Å². The van der Waals surface area contributed by atoms with E-state index < -0.39 is 0 Å². The first kappa shape index (κ1) is 16.0. The second-order valence-corrected chi connectivity index (χ2v) is 5.12. The van der Waals surface area contributed by atoms with E-state index >= 15 is 0 Å². The molecular weight excluding hydrogens is 234 g/mol. The largest absolute Gasteiger partial charge is 0.492 e. The molecule has 0 saturated carbocycles. The van der Waals surface area contributed by atoms with E-state index in [0.29, 0.717) is 13.2 Å². The lowest BCUT2D eigenvalue weighted by atomic mass is 10.0. The minimum atomic E-state index is 0.575. The van der Waals surface area contributed by atoms with Gasteiger partial charge in [-0.25, -0.2) is 0 Å². The van der Waals surface area contributed by atoms with Gasteiger partial charge in [-0.3, -0.25) is 0 Å². The Balaban J connectivity index is 2.21. The van der Waals surface area contributed by atoms with Gasteiger partial charge >= 0.3 is 0 Å². The van der Waals surface area contributed by atoms with Crippen LogP contribution in [0.1, 0.15) is 57.4 Å². The van der Waals surface area contributed by atoms with Gasteiger partial charge in [-0.05, 0) is 24.5 Å². The topological polar surface area (TPSA) is 35.2 Å². The van der Waals surface area contributed by atoms with Crippen molar-refractivity contribution in [3.05, 3.63) is 29.8 Å². The van der Waals surface area contributed by atoms with Crippen molar-refractivity contribution in [3.63, 3.8) is 0 Å². The third-order valence-corrected chi connectivity index (χ3v) is 3.40. The summed E-state index contributed by atoms with van der Waals surface area (Å²) in [5.41, 5.74) is 6.80. The average molecular weight is 263 g/mol. The second-order valence-electron chi connectivity index (χ2n) is 5.12. The third kappa shape index (κ3) is 7.22. The maximum Gasteiger partial charge on any atom is 0.122 e.